The molecule has 2 rings (SSSR count). The molecule has 130 valence electrons. The maximum atomic E-state index is 5.80. The van der Waals surface area contributed by atoms with Crippen LogP contribution in [0.1, 0.15) is 57.2 Å². The third kappa shape index (κ3) is 5.77. The second kappa shape index (κ2) is 8.64. The molecule has 1 atom stereocenters. The van der Waals surface area contributed by atoms with E-state index in [1.54, 1.807) is 11.3 Å². The fourth-order valence-electron chi connectivity index (χ4n) is 2.56. The minimum Gasteiger partial charge on any atom is -0.373 e. The molecular weight excluding hydrogens is 308 g/mol. The highest BCUT2D eigenvalue weighted by Crippen LogP contribution is 2.25. The standard InChI is InChI=1S/C17H30N4OS/c1-5-18-16(20-12-17(4)8-6-10-22-17)19-9-7-14-11-23-15(21-14)13(2)3/h11,13H,5-10,12H2,1-4H3,(H2,18,19,20). The largest absolute Gasteiger partial charge is 0.373 e. The van der Waals surface area contributed by atoms with E-state index in [9.17, 15) is 0 Å². The van der Waals surface area contributed by atoms with Crippen LogP contribution in [-0.4, -0.2) is 42.8 Å². The summed E-state index contributed by atoms with van der Waals surface area (Å²) in [5.41, 5.74) is 1.07. The van der Waals surface area contributed by atoms with Crippen LogP contribution >= 0.6 is 11.3 Å². The van der Waals surface area contributed by atoms with E-state index < -0.39 is 0 Å². The maximum Gasteiger partial charge on any atom is 0.191 e. The van der Waals surface area contributed by atoms with Crippen molar-refractivity contribution in [2.45, 2.75) is 58.5 Å². The van der Waals surface area contributed by atoms with Crippen molar-refractivity contribution in [1.29, 1.82) is 0 Å². The van der Waals surface area contributed by atoms with Gasteiger partial charge in [0.15, 0.2) is 5.96 Å². The van der Waals surface area contributed by atoms with E-state index in [0.717, 1.165) is 50.6 Å². The highest BCUT2D eigenvalue weighted by atomic mass is 32.1. The number of nitrogens with one attached hydrogen (secondary N) is 2. The minimum absolute atomic E-state index is 0.0938. The molecule has 1 aliphatic rings. The molecule has 0 spiro atoms. The van der Waals surface area contributed by atoms with Gasteiger partial charge in [-0.15, -0.1) is 11.3 Å². The molecule has 1 unspecified atom stereocenters. The molecule has 0 radical (unpaired) electrons. The Morgan fingerprint density at radius 2 is 2.30 bits per heavy atom. The lowest BCUT2D eigenvalue weighted by Gasteiger charge is -2.21. The number of aliphatic imine (C=N–C) groups is 1. The highest BCUT2D eigenvalue weighted by molar-refractivity contribution is 7.09. The molecule has 1 aromatic heterocycles. The van der Waals surface area contributed by atoms with Gasteiger partial charge in [-0.05, 0) is 26.7 Å². The average molecular weight is 339 g/mol. The van der Waals surface area contributed by atoms with Crippen molar-refractivity contribution >= 4 is 17.3 Å². The smallest absolute Gasteiger partial charge is 0.191 e. The summed E-state index contributed by atoms with van der Waals surface area (Å²) in [5.74, 6) is 1.37. The predicted octanol–water partition coefficient (Wildman–Crippen LogP) is 2.93. The molecule has 1 aromatic rings. The SMILES string of the molecule is CCNC(=NCC1(C)CCCO1)NCCc1csc(C(C)C)n1. The molecule has 2 N–H and O–H groups in total. The van der Waals surface area contributed by atoms with Crippen molar-refractivity contribution < 1.29 is 4.74 Å². The zero-order valence-corrected chi connectivity index (χ0v) is 15.6. The number of thiazole rings is 1. The van der Waals surface area contributed by atoms with Gasteiger partial charge in [-0.1, -0.05) is 13.8 Å². The van der Waals surface area contributed by atoms with Gasteiger partial charge in [0.1, 0.15) is 0 Å². The fraction of sp³-hybridized carbons (Fsp3) is 0.765. The van der Waals surface area contributed by atoms with Crippen LogP contribution in [0, 0.1) is 0 Å². The Hall–Kier alpha value is -1.14. The van der Waals surface area contributed by atoms with E-state index in [1.807, 2.05) is 0 Å². The first-order valence-electron chi connectivity index (χ1n) is 8.63. The monoisotopic (exact) mass is 338 g/mol. The quantitative estimate of drug-likeness (QED) is 0.593. The van der Waals surface area contributed by atoms with Gasteiger partial charge in [-0.25, -0.2) is 4.98 Å². The molecule has 23 heavy (non-hydrogen) atoms. The topological polar surface area (TPSA) is 58.5 Å². The highest BCUT2D eigenvalue weighted by Gasteiger charge is 2.29. The van der Waals surface area contributed by atoms with Crippen LogP contribution in [0.2, 0.25) is 0 Å². The first-order chi connectivity index (χ1) is 11.0. The molecule has 0 amide bonds. The van der Waals surface area contributed by atoms with Crippen molar-refractivity contribution in [2.24, 2.45) is 4.99 Å². The van der Waals surface area contributed by atoms with Crippen LogP contribution in [0.15, 0.2) is 10.4 Å². The van der Waals surface area contributed by atoms with Crippen LogP contribution in [0.5, 0.6) is 0 Å². The summed E-state index contributed by atoms with van der Waals surface area (Å²) >= 11 is 1.75. The van der Waals surface area contributed by atoms with E-state index in [-0.39, 0.29) is 5.60 Å². The summed E-state index contributed by atoms with van der Waals surface area (Å²) in [6, 6.07) is 0. The second-order valence-electron chi connectivity index (χ2n) is 6.61. The third-order valence-electron chi connectivity index (χ3n) is 3.95. The molecule has 0 aromatic carbocycles. The Morgan fingerprint density at radius 1 is 1.48 bits per heavy atom. The molecule has 1 saturated heterocycles. The zero-order valence-electron chi connectivity index (χ0n) is 14.8. The molecule has 0 bridgehead atoms. The van der Waals surface area contributed by atoms with E-state index in [4.69, 9.17) is 4.74 Å². The van der Waals surface area contributed by atoms with Crippen LogP contribution in [0.25, 0.3) is 0 Å². The Balaban J connectivity index is 1.81. The van der Waals surface area contributed by atoms with Gasteiger partial charge >= 0.3 is 0 Å². The number of ether oxygens (including phenoxy) is 1. The molecule has 5 nitrogen and oxygen atoms in total. The number of hydrogen-bond acceptors (Lipinski definition) is 4. The molecule has 1 aliphatic heterocycles. The molecule has 1 fully saturated rings. The van der Waals surface area contributed by atoms with Crippen LogP contribution in [0.4, 0.5) is 0 Å². The Kier molecular flexibility index (Phi) is 6.84. The van der Waals surface area contributed by atoms with E-state index in [0.29, 0.717) is 12.5 Å². The summed E-state index contributed by atoms with van der Waals surface area (Å²) in [7, 11) is 0. The van der Waals surface area contributed by atoms with E-state index in [1.165, 1.54) is 5.01 Å². The van der Waals surface area contributed by atoms with Gasteiger partial charge < -0.3 is 15.4 Å². The van der Waals surface area contributed by atoms with Gasteiger partial charge in [-0.2, -0.15) is 0 Å². The Morgan fingerprint density at radius 3 is 2.91 bits per heavy atom. The van der Waals surface area contributed by atoms with E-state index in [2.05, 4.69) is 53.7 Å². The number of rotatable bonds is 7. The summed E-state index contributed by atoms with van der Waals surface area (Å²) in [6.45, 7) is 11.9. The zero-order chi connectivity index (χ0) is 16.7. The molecular formula is C17H30N4OS. The van der Waals surface area contributed by atoms with Gasteiger partial charge in [0.25, 0.3) is 0 Å². The van der Waals surface area contributed by atoms with E-state index >= 15 is 0 Å². The fourth-order valence-corrected chi connectivity index (χ4v) is 3.43. The van der Waals surface area contributed by atoms with Crippen molar-refractivity contribution in [1.82, 2.24) is 15.6 Å². The Bertz CT molecular complexity index is 506. The predicted molar refractivity (Wildman–Crippen MR) is 97.5 cm³/mol. The minimum atomic E-state index is -0.0938. The van der Waals surface area contributed by atoms with Gasteiger partial charge in [0.2, 0.25) is 0 Å². The van der Waals surface area contributed by atoms with Gasteiger partial charge in [0.05, 0.1) is 22.8 Å². The number of guanidine groups is 1. The third-order valence-corrected chi connectivity index (χ3v) is 5.15. The lowest BCUT2D eigenvalue weighted by Crippen LogP contribution is -2.40. The van der Waals surface area contributed by atoms with Crippen LogP contribution < -0.4 is 10.6 Å². The lowest BCUT2D eigenvalue weighted by molar-refractivity contribution is 0.0283. The van der Waals surface area contributed by atoms with Crippen molar-refractivity contribution in [3.8, 4) is 0 Å². The molecule has 0 aliphatic carbocycles. The summed E-state index contributed by atoms with van der Waals surface area (Å²) in [4.78, 5) is 9.35. The summed E-state index contributed by atoms with van der Waals surface area (Å²) < 4.78 is 5.80. The number of nitrogens with zero attached hydrogens (tertiary/aromatic N) is 2. The molecule has 6 heteroatoms. The summed E-state index contributed by atoms with van der Waals surface area (Å²) in [6.07, 6.45) is 3.14. The van der Waals surface area contributed by atoms with Crippen molar-refractivity contribution in [3.63, 3.8) is 0 Å². The summed E-state index contributed by atoms with van der Waals surface area (Å²) in [5, 5.41) is 10.1. The second-order valence-corrected chi connectivity index (χ2v) is 7.50. The molecule has 0 saturated carbocycles. The van der Waals surface area contributed by atoms with Gasteiger partial charge in [0, 0.05) is 37.4 Å². The lowest BCUT2D eigenvalue weighted by atomic mass is 10.0. The van der Waals surface area contributed by atoms with Crippen LogP contribution in [-0.2, 0) is 11.2 Å². The number of aromatic nitrogens is 1. The Labute approximate surface area is 144 Å². The van der Waals surface area contributed by atoms with Gasteiger partial charge in [-0.3, -0.25) is 4.99 Å². The average Bonchev–Trinajstić information content (AvgIpc) is 3.15. The van der Waals surface area contributed by atoms with Crippen LogP contribution in [0.3, 0.4) is 0 Å². The molecule has 2 heterocycles. The maximum absolute atomic E-state index is 5.80. The first kappa shape index (κ1) is 18.2. The number of hydrogen-bond donors (Lipinski definition) is 2. The first-order valence-corrected chi connectivity index (χ1v) is 9.51. The van der Waals surface area contributed by atoms with Crippen molar-refractivity contribution in [3.05, 3.63) is 16.1 Å². The van der Waals surface area contributed by atoms with Crippen molar-refractivity contribution in [2.75, 3.05) is 26.2 Å². The normalized spacial score (nSPS) is 21.9.